The number of nitrogens with one attached hydrogen (secondary N) is 1. The molecule has 13 nitrogen and oxygen atoms in total. The molecule has 5 N–H and O–H groups in total. The van der Waals surface area contributed by atoms with Gasteiger partial charge in [0, 0.05) is 49.6 Å². The second kappa shape index (κ2) is 15.2. The van der Waals surface area contributed by atoms with E-state index in [0.29, 0.717) is 36.7 Å². The molecule has 0 saturated heterocycles. The lowest BCUT2D eigenvalue weighted by Gasteiger charge is -2.25. The minimum absolute atomic E-state index is 0.0741. The summed E-state index contributed by atoms with van der Waals surface area (Å²) >= 11 is 0. The Kier molecular flexibility index (Phi) is 11.4. The van der Waals surface area contributed by atoms with Crippen molar-refractivity contribution in [1.82, 2.24) is 4.90 Å². The molecular formula is C29H34N6O7. The summed E-state index contributed by atoms with van der Waals surface area (Å²) in [6, 6.07) is 12.9. The Hall–Kier alpha value is -4.91. The maximum atomic E-state index is 12.3. The molecule has 0 bridgehead atoms. The second-order valence-electron chi connectivity index (χ2n) is 9.66. The van der Waals surface area contributed by atoms with Crippen LogP contribution in [0.25, 0.3) is 0 Å². The van der Waals surface area contributed by atoms with Crippen molar-refractivity contribution in [2.45, 2.75) is 38.6 Å². The summed E-state index contributed by atoms with van der Waals surface area (Å²) < 4.78 is 0. The van der Waals surface area contributed by atoms with Crippen LogP contribution in [0.1, 0.15) is 32.6 Å². The first-order chi connectivity index (χ1) is 20.1. The second-order valence-corrected chi connectivity index (χ2v) is 9.66. The number of azo groups is 1. The van der Waals surface area contributed by atoms with Gasteiger partial charge in [-0.2, -0.15) is 10.2 Å². The highest BCUT2D eigenvalue weighted by Crippen LogP contribution is 2.24. The molecule has 42 heavy (non-hydrogen) atoms. The number of imide groups is 1. The molecule has 0 aliphatic carbocycles. The summed E-state index contributed by atoms with van der Waals surface area (Å²) in [6.07, 6.45) is 2.83. The molecule has 2 aromatic rings. The fourth-order valence-electron chi connectivity index (χ4n) is 4.28. The number of carbonyl (C=O) groups excluding carboxylic acids is 3. The number of hydrogen-bond donors (Lipinski definition) is 4. The number of aliphatic carboxylic acids is 2. The van der Waals surface area contributed by atoms with Crippen molar-refractivity contribution in [3.05, 3.63) is 60.7 Å². The van der Waals surface area contributed by atoms with E-state index in [2.05, 4.69) is 15.5 Å². The topological polar surface area (TPSA) is 195 Å². The zero-order valence-corrected chi connectivity index (χ0v) is 23.2. The van der Waals surface area contributed by atoms with Crippen LogP contribution in [0.3, 0.4) is 0 Å². The summed E-state index contributed by atoms with van der Waals surface area (Å²) in [4.78, 5) is 61.3. The molecule has 13 heteroatoms. The molecule has 3 amide bonds. The first-order valence-corrected chi connectivity index (χ1v) is 13.5. The summed E-state index contributed by atoms with van der Waals surface area (Å²) in [7, 11) is 0. The summed E-state index contributed by atoms with van der Waals surface area (Å²) in [5.41, 5.74) is 8.10. The van der Waals surface area contributed by atoms with E-state index in [-0.39, 0.29) is 43.4 Å². The Morgan fingerprint density at radius 2 is 1.50 bits per heavy atom. The first kappa shape index (κ1) is 31.6. The Labute approximate surface area is 242 Å². The molecule has 1 heterocycles. The Balaban J connectivity index is 1.46. The Morgan fingerprint density at radius 3 is 2.02 bits per heavy atom. The van der Waals surface area contributed by atoms with Gasteiger partial charge < -0.3 is 26.2 Å². The van der Waals surface area contributed by atoms with Gasteiger partial charge in [0.2, 0.25) is 5.91 Å². The van der Waals surface area contributed by atoms with Crippen LogP contribution < -0.4 is 16.0 Å². The SMILES string of the molecule is CCN(CCN1C(=O)C=CC1=O)c1ccc(N=Nc2ccc(NC(=O)CCC[C@H](CC(N)C(=O)O)C(=O)O)cc2)cc1. The number of carboxylic acids is 2. The van der Waals surface area contributed by atoms with Gasteiger partial charge in [-0.15, -0.1) is 0 Å². The lowest BCUT2D eigenvalue weighted by molar-refractivity contribution is -0.144. The van der Waals surface area contributed by atoms with E-state index in [9.17, 15) is 29.1 Å². The molecule has 0 radical (unpaired) electrons. The largest absolute Gasteiger partial charge is 0.481 e. The predicted octanol–water partition coefficient (Wildman–Crippen LogP) is 3.46. The minimum atomic E-state index is -1.27. The normalized spacial score (nSPS) is 14.3. The molecule has 2 aromatic carbocycles. The quantitative estimate of drug-likeness (QED) is 0.170. The van der Waals surface area contributed by atoms with Crippen LogP contribution in [-0.2, 0) is 24.0 Å². The number of carboxylic acid groups (broad SMARTS) is 2. The average molecular weight is 579 g/mol. The van der Waals surface area contributed by atoms with Gasteiger partial charge in [-0.25, -0.2) is 0 Å². The number of amides is 3. The summed E-state index contributed by atoms with van der Waals surface area (Å²) in [5, 5.41) is 29.4. The van der Waals surface area contributed by atoms with Crippen molar-refractivity contribution in [2.75, 3.05) is 29.9 Å². The fourth-order valence-corrected chi connectivity index (χ4v) is 4.28. The molecule has 222 valence electrons. The number of anilines is 2. The maximum Gasteiger partial charge on any atom is 0.320 e. The zero-order valence-electron chi connectivity index (χ0n) is 23.2. The molecule has 0 spiro atoms. The Bertz CT molecular complexity index is 1320. The molecule has 0 saturated carbocycles. The van der Waals surface area contributed by atoms with Gasteiger partial charge >= 0.3 is 11.9 Å². The van der Waals surface area contributed by atoms with Crippen LogP contribution >= 0.6 is 0 Å². The fraction of sp³-hybridized carbons (Fsp3) is 0.345. The third-order valence-corrected chi connectivity index (χ3v) is 6.68. The number of nitrogens with two attached hydrogens (primary N) is 1. The molecule has 2 atom stereocenters. The van der Waals surface area contributed by atoms with E-state index in [1.807, 2.05) is 36.1 Å². The average Bonchev–Trinajstić information content (AvgIpc) is 3.29. The van der Waals surface area contributed by atoms with Crippen LogP contribution in [0.15, 0.2) is 70.9 Å². The van der Waals surface area contributed by atoms with Crippen LogP contribution in [0.4, 0.5) is 22.7 Å². The number of nitrogens with zero attached hydrogens (tertiary/aromatic N) is 4. The lowest BCUT2D eigenvalue weighted by Crippen LogP contribution is -2.38. The number of hydrogen-bond acceptors (Lipinski definition) is 9. The van der Waals surface area contributed by atoms with E-state index in [1.165, 1.54) is 17.1 Å². The predicted molar refractivity (Wildman–Crippen MR) is 155 cm³/mol. The highest BCUT2D eigenvalue weighted by molar-refractivity contribution is 6.12. The van der Waals surface area contributed by atoms with Gasteiger partial charge in [0.25, 0.3) is 11.8 Å². The van der Waals surface area contributed by atoms with E-state index < -0.39 is 23.9 Å². The third kappa shape index (κ3) is 9.34. The van der Waals surface area contributed by atoms with Crippen LogP contribution in [0, 0.1) is 5.92 Å². The molecule has 0 fully saturated rings. The van der Waals surface area contributed by atoms with E-state index in [0.717, 1.165) is 5.69 Å². The van der Waals surface area contributed by atoms with Crippen molar-refractivity contribution in [3.8, 4) is 0 Å². The number of carbonyl (C=O) groups is 5. The van der Waals surface area contributed by atoms with Gasteiger partial charge in [-0.05, 0) is 74.7 Å². The van der Waals surface area contributed by atoms with Crippen molar-refractivity contribution in [3.63, 3.8) is 0 Å². The molecule has 1 unspecified atom stereocenters. The van der Waals surface area contributed by atoms with Crippen molar-refractivity contribution in [1.29, 1.82) is 0 Å². The molecule has 1 aliphatic rings. The standard InChI is InChI=1S/C29H34N6O7/c1-2-34(16-17-35-26(37)14-15-27(35)38)23-12-10-22(11-13-23)33-32-21-8-6-20(7-9-21)31-25(36)5-3-4-19(28(39)40)18-24(30)29(41)42/h6-15,19,24H,2-5,16-18,30H2,1H3,(H,31,36)(H,39,40)(H,41,42)/t19-,24?/m1/s1. The van der Waals surface area contributed by atoms with Gasteiger partial charge in [-0.1, -0.05) is 0 Å². The van der Waals surface area contributed by atoms with Crippen molar-refractivity contribution >= 4 is 52.4 Å². The van der Waals surface area contributed by atoms with Crippen LogP contribution in [0.2, 0.25) is 0 Å². The summed E-state index contributed by atoms with van der Waals surface area (Å²) in [6.45, 7) is 3.48. The minimum Gasteiger partial charge on any atom is -0.481 e. The van der Waals surface area contributed by atoms with Gasteiger partial charge in [-0.3, -0.25) is 28.9 Å². The van der Waals surface area contributed by atoms with Crippen LogP contribution in [-0.4, -0.2) is 70.4 Å². The zero-order chi connectivity index (χ0) is 30.6. The van der Waals surface area contributed by atoms with Gasteiger partial charge in [0.15, 0.2) is 0 Å². The molecule has 3 rings (SSSR count). The smallest absolute Gasteiger partial charge is 0.320 e. The van der Waals surface area contributed by atoms with E-state index in [4.69, 9.17) is 10.8 Å². The maximum absolute atomic E-state index is 12.3. The monoisotopic (exact) mass is 578 g/mol. The molecule has 1 aliphatic heterocycles. The highest BCUT2D eigenvalue weighted by atomic mass is 16.4. The molecule has 0 aromatic heterocycles. The van der Waals surface area contributed by atoms with Crippen molar-refractivity contribution < 1.29 is 34.2 Å². The Morgan fingerprint density at radius 1 is 0.929 bits per heavy atom. The number of rotatable bonds is 16. The van der Waals surface area contributed by atoms with E-state index in [1.54, 1.807) is 24.3 Å². The first-order valence-electron chi connectivity index (χ1n) is 13.5. The summed E-state index contributed by atoms with van der Waals surface area (Å²) in [5.74, 6) is -4.24. The number of likely N-dealkylation sites (N-methyl/N-ethyl adjacent to an activating group) is 1. The molecular weight excluding hydrogens is 544 g/mol. The lowest BCUT2D eigenvalue weighted by atomic mass is 9.94. The van der Waals surface area contributed by atoms with E-state index >= 15 is 0 Å². The third-order valence-electron chi connectivity index (χ3n) is 6.68. The van der Waals surface area contributed by atoms with Crippen molar-refractivity contribution in [2.24, 2.45) is 21.9 Å². The van der Waals surface area contributed by atoms with Gasteiger partial charge in [0.1, 0.15) is 6.04 Å². The number of benzene rings is 2. The van der Waals surface area contributed by atoms with Crippen LogP contribution in [0.5, 0.6) is 0 Å². The van der Waals surface area contributed by atoms with Gasteiger partial charge in [0.05, 0.1) is 17.3 Å². The highest BCUT2D eigenvalue weighted by Gasteiger charge is 2.25.